The van der Waals surface area contributed by atoms with Crippen molar-refractivity contribution in [3.05, 3.63) is 22.7 Å². The van der Waals surface area contributed by atoms with Crippen molar-refractivity contribution in [3.63, 3.8) is 0 Å². The molecule has 94 valence electrons. The van der Waals surface area contributed by atoms with Crippen LogP contribution in [0.4, 0.5) is 5.69 Å². The van der Waals surface area contributed by atoms with Gasteiger partial charge in [0.15, 0.2) is 0 Å². The van der Waals surface area contributed by atoms with Gasteiger partial charge in [0.1, 0.15) is 0 Å². The van der Waals surface area contributed by atoms with Gasteiger partial charge in [-0.15, -0.1) is 11.8 Å². The second kappa shape index (κ2) is 5.63. The summed E-state index contributed by atoms with van der Waals surface area (Å²) in [7, 11) is 4.22. The standard InChI is InChI=1S/C13H19BrN2S/c1-9-12(6-7-15-2)17-13-8-10(14)4-5-11(13)16(9)3/h4-5,8-9,12,15H,6-7H2,1-3H3. The van der Waals surface area contributed by atoms with Gasteiger partial charge in [-0.1, -0.05) is 15.9 Å². The number of benzene rings is 1. The Labute approximate surface area is 116 Å². The third kappa shape index (κ3) is 2.80. The van der Waals surface area contributed by atoms with Crippen LogP contribution in [0.3, 0.4) is 0 Å². The van der Waals surface area contributed by atoms with Gasteiger partial charge in [0.25, 0.3) is 0 Å². The Bertz CT molecular complexity index is 397. The first-order chi connectivity index (χ1) is 8.13. The van der Waals surface area contributed by atoms with E-state index in [1.807, 2.05) is 18.8 Å². The van der Waals surface area contributed by atoms with Gasteiger partial charge in [-0.25, -0.2) is 0 Å². The molecule has 1 aromatic rings. The van der Waals surface area contributed by atoms with Gasteiger partial charge in [0.2, 0.25) is 0 Å². The number of halogens is 1. The number of anilines is 1. The van der Waals surface area contributed by atoms with Crippen LogP contribution in [0.1, 0.15) is 13.3 Å². The fraction of sp³-hybridized carbons (Fsp3) is 0.538. The van der Waals surface area contributed by atoms with E-state index in [2.05, 4.69) is 58.3 Å². The Morgan fingerprint density at radius 3 is 2.94 bits per heavy atom. The number of nitrogens with one attached hydrogen (secondary N) is 1. The lowest BCUT2D eigenvalue weighted by molar-refractivity contribution is 0.583. The molecule has 2 atom stereocenters. The molecule has 0 bridgehead atoms. The van der Waals surface area contributed by atoms with E-state index in [0.29, 0.717) is 11.3 Å². The molecule has 0 spiro atoms. The van der Waals surface area contributed by atoms with Crippen molar-refractivity contribution < 1.29 is 0 Å². The third-order valence-electron chi connectivity index (χ3n) is 3.41. The molecule has 0 aromatic heterocycles. The minimum Gasteiger partial charge on any atom is -0.370 e. The summed E-state index contributed by atoms with van der Waals surface area (Å²) in [5.74, 6) is 0. The zero-order chi connectivity index (χ0) is 12.4. The molecule has 0 aliphatic carbocycles. The van der Waals surface area contributed by atoms with Crippen LogP contribution in [0.5, 0.6) is 0 Å². The van der Waals surface area contributed by atoms with Gasteiger partial charge < -0.3 is 10.2 Å². The van der Waals surface area contributed by atoms with Crippen LogP contribution in [-0.2, 0) is 0 Å². The minimum absolute atomic E-state index is 0.585. The summed E-state index contributed by atoms with van der Waals surface area (Å²) < 4.78 is 1.17. The maximum Gasteiger partial charge on any atom is 0.0505 e. The minimum atomic E-state index is 0.585. The van der Waals surface area contributed by atoms with Crippen molar-refractivity contribution in [1.82, 2.24) is 5.32 Å². The highest BCUT2D eigenvalue weighted by Gasteiger charge is 2.29. The molecule has 1 aromatic carbocycles. The van der Waals surface area contributed by atoms with Crippen LogP contribution < -0.4 is 10.2 Å². The molecular weight excluding hydrogens is 296 g/mol. The molecule has 0 amide bonds. The molecule has 2 nitrogen and oxygen atoms in total. The molecule has 0 saturated heterocycles. The first-order valence-corrected chi connectivity index (χ1v) is 7.64. The second-order valence-electron chi connectivity index (χ2n) is 4.51. The quantitative estimate of drug-likeness (QED) is 0.921. The average molecular weight is 315 g/mol. The second-order valence-corrected chi connectivity index (χ2v) is 6.71. The van der Waals surface area contributed by atoms with E-state index >= 15 is 0 Å². The molecule has 17 heavy (non-hydrogen) atoms. The van der Waals surface area contributed by atoms with E-state index in [1.54, 1.807) is 0 Å². The smallest absolute Gasteiger partial charge is 0.0505 e. The largest absolute Gasteiger partial charge is 0.370 e. The summed E-state index contributed by atoms with van der Waals surface area (Å²) >= 11 is 5.57. The van der Waals surface area contributed by atoms with Gasteiger partial charge in [-0.3, -0.25) is 0 Å². The summed E-state index contributed by atoms with van der Waals surface area (Å²) in [5.41, 5.74) is 1.35. The van der Waals surface area contributed by atoms with E-state index in [1.165, 1.54) is 21.5 Å². The van der Waals surface area contributed by atoms with Crippen LogP contribution in [0.15, 0.2) is 27.6 Å². The lowest BCUT2D eigenvalue weighted by atomic mass is 10.1. The average Bonchev–Trinajstić information content (AvgIpc) is 2.31. The molecule has 0 saturated carbocycles. The molecule has 1 aliphatic heterocycles. The predicted molar refractivity (Wildman–Crippen MR) is 80.2 cm³/mol. The van der Waals surface area contributed by atoms with Crippen molar-refractivity contribution in [2.75, 3.05) is 25.5 Å². The number of thioether (sulfide) groups is 1. The molecule has 1 N–H and O–H groups in total. The summed E-state index contributed by atoms with van der Waals surface area (Å²) in [6.45, 7) is 3.40. The van der Waals surface area contributed by atoms with E-state index in [4.69, 9.17) is 0 Å². The van der Waals surface area contributed by atoms with Gasteiger partial charge in [0, 0.05) is 27.7 Å². The Morgan fingerprint density at radius 2 is 2.24 bits per heavy atom. The first kappa shape index (κ1) is 13.2. The fourth-order valence-corrected chi connectivity index (χ4v) is 4.17. The monoisotopic (exact) mass is 314 g/mol. The van der Waals surface area contributed by atoms with Crippen LogP contribution in [0.2, 0.25) is 0 Å². The Balaban J connectivity index is 2.23. The van der Waals surface area contributed by atoms with Gasteiger partial charge >= 0.3 is 0 Å². The van der Waals surface area contributed by atoms with Crippen molar-refractivity contribution in [2.45, 2.75) is 29.5 Å². The van der Waals surface area contributed by atoms with Crippen LogP contribution in [0.25, 0.3) is 0 Å². The summed E-state index contributed by atoms with van der Waals surface area (Å²) in [4.78, 5) is 3.79. The van der Waals surface area contributed by atoms with Gasteiger partial charge in [-0.2, -0.15) is 0 Å². The highest BCUT2D eigenvalue weighted by Crippen LogP contribution is 2.42. The SMILES string of the molecule is CNCCC1Sc2cc(Br)ccc2N(C)C1C. The van der Waals surface area contributed by atoms with Crippen LogP contribution >= 0.6 is 27.7 Å². The van der Waals surface area contributed by atoms with Crippen molar-refractivity contribution >= 4 is 33.4 Å². The van der Waals surface area contributed by atoms with Gasteiger partial charge in [0.05, 0.1) is 5.69 Å². The molecule has 2 rings (SSSR count). The van der Waals surface area contributed by atoms with Crippen LogP contribution in [-0.4, -0.2) is 31.9 Å². The summed E-state index contributed by atoms with van der Waals surface area (Å²) in [6.07, 6.45) is 1.21. The van der Waals surface area contributed by atoms with E-state index in [0.717, 1.165) is 6.54 Å². The van der Waals surface area contributed by atoms with Crippen molar-refractivity contribution in [2.24, 2.45) is 0 Å². The number of nitrogens with zero attached hydrogens (tertiary/aromatic N) is 1. The zero-order valence-electron chi connectivity index (χ0n) is 10.5. The molecule has 2 unspecified atom stereocenters. The molecule has 1 heterocycles. The molecular formula is C13H19BrN2S. The first-order valence-electron chi connectivity index (χ1n) is 5.97. The topological polar surface area (TPSA) is 15.3 Å². The zero-order valence-corrected chi connectivity index (χ0v) is 12.9. The number of hydrogen-bond donors (Lipinski definition) is 1. The predicted octanol–water partition coefficient (Wildman–Crippen LogP) is 3.36. The fourth-order valence-electron chi connectivity index (χ4n) is 2.19. The molecule has 0 radical (unpaired) electrons. The molecule has 0 fully saturated rings. The van der Waals surface area contributed by atoms with E-state index < -0.39 is 0 Å². The highest BCUT2D eigenvalue weighted by molar-refractivity contribution is 9.10. The normalized spacial score (nSPS) is 23.6. The van der Waals surface area contributed by atoms with E-state index in [-0.39, 0.29) is 0 Å². The lowest BCUT2D eigenvalue weighted by Gasteiger charge is -2.39. The third-order valence-corrected chi connectivity index (χ3v) is 5.41. The van der Waals surface area contributed by atoms with Crippen molar-refractivity contribution in [1.29, 1.82) is 0 Å². The van der Waals surface area contributed by atoms with E-state index in [9.17, 15) is 0 Å². The Morgan fingerprint density at radius 1 is 1.47 bits per heavy atom. The summed E-state index contributed by atoms with van der Waals surface area (Å²) in [5, 5.41) is 3.91. The maximum absolute atomic E-state index is 3.55. The van der Waals surface area contributed by atoms with Crippen molar-refractivity contribution in [3.8, 4) is 0 Å². The molecule has 4 heteroatoms. The number of fused-ring (bicyclic) bond motifs is 1. The lowest BCUT2D eigenvalue weighted by Crippen LogP contribution is -2.41. The Hall–Kier alpha value is -0.190. The van der Waals surface area contributed by atoms with Gasteiger partial charge in [-0.05, 0) is 45.1 Å². The maximum atomic E-state index is 3.55. The Kier molecular flexibility index (Phi) is 4.39. The highest BCUT2D eigenvalue weighted by atomic mass is 79.9. The number of rotatable bonds is 3. The summed E-state index contributed by atoms with van der Waals surface area (Å²) in [6, 6.07) is 7.14. The van der Waals surface area contributed by atoms with Crippen LogP contribution in [0, 0.1) is 0 Å². The number of hydrogen-bond acceptors (Lipinski definition) is 3. The molecule has 1 aliphatic rings.